The van der Waals surface area contributed by atoms with Gasteiger partial charge in [-0.25, -0.2) is 8.42 Å². The molecule has 0 aromatic heterocycles. The summed E-state index contributed by atoms with van der Waals surface area (Å²) in [6.07, 6.45) is 0. The quantitative estimate of drug-likeness (QED) is 0.741. The second-order valence-corrected chi connectivity index (χ2v) is 7.49. The van der Waals surface area contributed by atoms with E-state index < -0.39 is 10.0 Å². The molecule has 0 aliphatic rings. The van der Waals surface area contributed by atoms with Crippen LogP contribution in [0.3, 0.4) is 0 Å². The standard InChI is InChI=1S/C16H17Cl2NO4S/c1-4-19(24(20,21)12-7-5-11(17)6-8-12)14-10-15(22-2)13(18)9-16(14)23-3/h5-10H,4H2,1-3H3. The number of anilines is 1. The van der Waals surface area contributed by atoms with Crippen LogP contribution >= 0.6 is 23.2 Å². The van der Waals surface area contributed by atoms with Crippen LogP contribution in [0.5, 0.6) is 11.5 Å². The molecule has 0 heterocycles. The zero-order valence-corrected chi connectivity index (χ0v) is 15.7. The molecule has 0 aliphatic carbocycles. The monoisotopic (exact) mass is 389 g/mol. The Hall–Kier alpha value is -1.63. The van der Waals surface area contributed by atoms with E-state index in [1.807, 2.05) is 0 Å². The van der Waals surface area contributed by atoms with E-state index in [-0.39, 0.29) is 11.4 Å². The van der Waals surface area contributed by atoms with E-state index in [1.165, 1.54) is 54.9 Å². The van der Waals surface area contributed by atoms with Gasteiger partial charge in [-0.15, -0.1) is 0 Å². The highest BCUT2D eigenvalue weighted by molar-refractivity contribution is 7.92. The lowest BCUT2D eigenvalue weighted by Crippen LogP contribution is -2.31. The summed E-state index contributed by atoms with van der Waals surface area (Å²) in [7, 11) is -0.887. The first kappa shape index (κ1) is 18.7. The van der Waals surface area contributed by atoms with Crippen molar-refractivity contribution < 1.29 is 17.9 Å². The van der Waals surface area contributed by atoms with Gasteiger partial charge in [0.2, 0.25) is 0 Å². The summed E-state index contributed by atoms with van der Waals surface area (Å²) in [5, 5.41) is 0.792. The molecule has 0 fully saturated rings. The smallest absolute Gasteiger partial charge is 0.264 e. The molecule has 0 unspecified atom stereocenters. The Morgan fingerprint density at radius 3 is 2.08 bits per heavy atom. The molecule has 8 heteroatoms. The minimum atomic E-state index is -3.80. The maximum Gasteiger partial charge on any atom is 0.264 e. The van der Waals surface area contributed by atoms with Crippen LogP contribution in [0.2, 0.25) is 10.0 Å². The molecule has 0 bridgehead atoms. The van der Waals surface area contributed by atoms with Gasteiger partial charge in [-0.1, -0.05) is 23.2 Å². The Kier molecular flexibility index (Phi) is 5.85. The van der Waals surface area contributed by atoms with Gasteiger partial charge in [0.15, 0.2) is 0 Å². The van der Waals surface area contributed by atoms with Crippen LogP contribution in [0.25, 0.3) is 0 Å². The summed E-state index contributed by atoms with van der Waals surface area (Å²) in [5.41, 5.74) is 0.344. The Morgan fingerprint density at radius 2 is 1.58 bits per heavy atom. The topological polar surface area (TPSA) is 55.8 Å². The van der Waals surface area contributed by atoms with Crippen LogP contribution in [-0.2, 0) is 10.0 Å². The molecule has 24 heavy (non-hydrogen) atoms. The summed E-state index contributed by atoms with van der Waals surface area (Å²) < 4.78 is 37.7. The lowest BCUT2D eigenvalue weighted by atomic mass is 10.2. The summed E-state index contributed by atoms with van der Waals surface area (Å²) in [6, 6.07) is 9.04. The first-order valence-electron chi connectivity index (χ1n) is 7.05. The number of sulfonamides is 1. The second kappa shape index (κ2) is 7.51. The molecule has 0 N–H and O–H groups in total. The zero-order valence-electron chi connectivity index (χ0n) is 13.4. The SMILES string of the molecule is CCN(c1cc(OC)c(Cl)cc1OC)S(=O)(=O)c1ccc(Cl)cc1. The van der Waals surface area contributed by atoms with E-state index in [2.05, 4.69) is 0 Å². The lowest BCUT2D eigenvalue weighted by molar-refractivity contribution is 0.404. The third-order valence-electron chi connectivity index (χ3n) is 3.41. The number of ether oxygens (including phenoxy) is 2. The minimum Gasteiger partial charge on any atom is -0.495 e. The van der Waals surface area contributed by atoms with E-state index in [9.17, 15) is 8.42 Å². The first-order valence-corrected chi connectivity index (χ1v) is 9.24. The molecule has 0 amide bonds. The Bertz CT molecular complexity index is 823. The van der Waals surface area contributed by atoms with E-state index in [0.29, 0.717) is 27.2 Å². The minimum absolute atomic E-state index is 0.129. The van der Waals surface area contributed by atoms with Crippen molar-refractivity contribution in [2.75, 3.05) is 25.1 Å². The van der Waals surface area contributed by atoms with Gasteiger partial charge in [0.05, 0.1) is 29.8 Å². The highest BCUT2D eigenvalue weighted by Gasteiger charge is 2.27. The van der Waals surface area contributed by atoms with Gasteiger partial charge in [-0.3, -0.25) is 4.31 Å². The van der Waals surface area contributed by atoms with Crippen molar-refractivity contribution in [2.45, 2.75) is 11.8 Å². The predicted octanol–water partition coefficient (Wildman–Crippen LogP) is 4.23. The average molecular weight is 390 g/mol. The Labute approximate surface area is 151 Å². The van der Waals surface area contributed by atoms with Gasteiger partial charge in [0.1, 0.15) is 11.5 Å². The largest absolute Gasteiger partial charge is 0.495 e. The fraction of sp³-hybridized carbons (Fsp3) is 0.250. The lowest BCUT2D eigenvalue weighted by Gasteiger charge is -2.25. The molecule has 0 saturated heterocycles. The van der Waals surface area contributed by atoms with Gasteiger partial charge < -0.3 is 9.47 Å². The number of halogens is 2. The predicted molar refractivity (Wildman–Crippen MR) is 96.2 cm³/mol. The third-order valence-corrected chi connectivity index (χ3v) is 5.86. The zero-order chi connectivity index (χ0) is 17.9. The Balaban J connectivity index is 2.61. The average Bonchev–Trinajstić information content (AvgIpc) is 2.56. The fourth-order valence-corrected chi connectivity index (χ4v) is 4.08. The molecular formula is C16H17Cl2NO4S. The van der Waals surface area contributed by atoms with Gasteiger partial charge in [0.25, 0.3) is 10.0 Å². The number of hydrogen-bond donors (Lipinski definition) is 0. The summed E-state index contributed by atoms with van der Waals surface area (Å²) in [4.78, 5) is 0.129. The van der Waals surface area contributed by atoms with Crippen molar-refractivity contribution in [1.29, 1.82) is 0 Å². The molecule has 2 aromatic carbocycles. The summed E-state index contributed by atoms with van der Waals surface area (Å²) in [6.45, 7) is 1.93. The van der Waals surface area contributed by atoms with Gasteiger partial charge >= 0.3 is 0 Å². The second-order valence-electron chi connectivity index (χ2n) is 4.78. The van der Waals surface area contributed by atoms with Gasteiger partial charge in [0, 0.05) is 23.7 Å². The third kappa shape index (κ3) is 3.55. The highest BCUT2D eigenvalue weighted by Crippen LogP contribution is 2.40. The van der Waals surface area contributed by atoms with Crippen molar-refractivity contribution in [3.05, 3.63) is 46.4 Å². The number of hydrogen-bond acceptors (Lipinski definition) is 4. The van der Waals surface area contributed by atoms with Gasteiger partial charge in [-0.05, 0) is 31.2 Å². The van der Waals surface area contributed by atoms with Crippen molar-refractivity contribution in [3.63, 3.8) is 0 Å². The van der Waals surface area contributed by atoms with E-state index >= 15 is 0 Å². The van der Waals surface area contributed by atoms with Crippen LogP contribution in [-0.4, -0.2) is 29.2 Å². The molecule has 5 nitrogen and oxygen atoms in total. The number of benzene rings is 2. The van der Waals surface area contributed by atoms with Gasteiger partial charge in [-0.2, -0.15) is 0 Å². The van der Waals surface area contributed by atoms with Crippen molar-refractivity contribution in [1.82, 2.24) is 0 Å². The van der Waals surface area contributed by atoms with Crippen molar-refractivity contribution >= 4 is 38.9 Å². The number of rotatable bonds is 6. The molecule has 2 rings (SSSR count). The molecule has 0 spiro atoms. The number of methoxy groups -OCH3 is 2. The number of nitrogens with zero attached hydrogens (tertiary/aromatic N) is 1. The normalized spacial score (nSPS) is 11.2. The molecule has 130 valence electrons. The molecule has 0 atom stereocenters. The van der Waals surface area contributed by atoms with Crippen molar-refractivity contribution in [3.8, 4) is 11.5 Å². The summed E-state index contributed by atoms with van der Waals surface area (Å²) in [5.74, 6) is 0.692. The van der Waals surface area contributed by atoms with Crippen LogP contribution in [0.1, 0.15) is 6.92 Å². The molecule has 0 radical (unpaired) electrons. The molecule has 2 aromatic rings. The highest BCUT2D eigenvalue weighted by atomic mass is 35.5. The van der Waals surface area contributed by atoms with Crippen LogP contribution in [0, 0.1) is 0 Å². The van der Waals surface area contributed by atoms with E-state index in [0.717, 1.165) is 0 Å². The van der Waals surface area contributed by atoms with E-state index in [1.54, 1.807) is 6.92 Å². The van der Waals surface area contributed by atoms with Crippen molar-refractivity contribution in [2.24, 2.45) is 0 Å². The summed E-state index contributed by atoms with van der Waals surface area (Å²) >= 11 is 11.9. The fourth-order valence-electron chi connectivity index (χ4n) is 2.24. The van der Waals surface area contributed by atoms with E-state index in [4.69, 9.17) is 32.7 Å². The van der Waals surface area contributed by atoms with Crippen LogP contribution < -0.4 is 13.8 Å². The Morgan fingerprint density at radius 1 is 1.00 bits per heavy atom. The molecule has 0 aliphatic heterocycles. The maximum absolute atomic E-state index is 13.0. The molecular weight excluding hydrogens is 373 g/mol. The molecule has 0 saturated carbocycles. The van der Waals surface area contributed by atoms with Crippen LogP contribution in [0.4, 0.5) is 5.69 Å². The van der Waals surface area contributed by atoms with Crippen LogP contribution in [0.15, 0.2) is 41.3 Å². The first-order chi connectivity index (χ1) is 11.3. The maximum atomic E-state index is 13.0.